The van der Waals surface area contributed by atoms with Crippen molar-refractivity contribution in [1.82, 2.24) is 0 Å². The van der Waals surface area contributed by atoms with Gasteiger partial charge in [0.1, 0.15) is 6.07 Å². The first-order valence-electron chi connectivity index (χ1n) is 5.99. The minimum atomic E-state index is -0.526. The first kappa shape index (κ1) is 13.3. The molecule has 0 heterocycles. The molecule has 6 heteroatoms. The van der Waals surface area contributed by atoms with Crippen molar-refractivity contribution >= 4 is 11.4 Å². The number of aliphatic hydroxyl groups is 1. The normalized spacial score (nSPS) is 24.1. The van der Waals surface area contributed by atoms with Crippen LogP contribution in [-0.4, -0.2) is 22.2 Å². The smallest absolute Gasteiger partial charge is 0.270 e. The van der Waals surface area contributed by atoms with Crippen LogP contribution in [0.25, 0.3) is 0 Å². The van der Waals surface area contributed by atoms with E-state index in [1.807, 2.05) is 19.9 Å². The molecule has 2 N–H and O–H groups in total. The lowest BCUT2D eigenvalue weighted by molar-refractivity contribution is -0.384. The Bertz CT molecular complexity index is 563. The number of nitrogens with zero attached hydrogens (tertiary/aromatic N) is 2. The maximum atomic E-state index is 10.7. The summed E-state index contributed by atoms with van der Waals surface area (Å²) in [6.07, 6.45) is 0.239. The second-order valence-electron chi connectivity index (χ2n) is 5.37. The molecule has 0 spiro atoms. The number of hydrogen-bond acceptors (Lipinski definition) is 5. The van der Waals surface area contributed by atoms with Gasteiger partial charge in [0.05, 0.1) is 22.3 Å². The number of aliphatic hydroxyl groups excluding tert-OH is 1. The molecule has 2 rings (SSSR count). The average molecular weight is 261 g/mol. The highest BCUT2D eigenvalue weighted by Gasteiger charge is 2.47. The molecule has 0 amide bonds. The van der Waals surface area contributed by atoms with E-state index < -0.39 is 4.92 Å². The summed E-state index contributed by atoms with van der Waals surface area (Å²) in [5.41, 5.74) is 0.438. The van der Waals surface area contributed by atoms with Gasteiger partial charge in [-0.25, -0.2) is 0 Å². The zero-order valence-corrected chi connectivity index (χ0v) is 10.8. The van der Waals surface area contributed by atoms with Crippen molar-refractivity contribution in [3.05, 3.63) is 33.9 Å². The van der Waals surface area contributed by atoms with Gasteiger partial charge in [0, 0.05) is 23.6 Å². The van der Waals surface area contributed by atoms with Crippen molar-refractivity contribution in [1.29, 1.82) is 5.26 Å². The second-order valence-corrected chi connectivity index (χ2v) is 5.37. The number of hydrogen-bond donors (Lipinski definition) is 2. The lowest BCUT2D eigenvalue weighted by Gasteiger charge is -2.49. The zero-order valence-electron chi connectivity index (χ0n) is 10.8. The van der Waals surface area contributed by atoms with Crippen molar-refractivity contribution in [2.45, 2.75) is 32.4 Å². The maximum absolute atomic E-state index is 10.7. The predicted molar refractivity (Wildman–Crippen MR) is 69.6 cm³/mol. The molecule has 19 heavy (non-hydrogen) atoms. The maximum Gasteiger partial charge on any atom is 0.270 e. The van der Waals surface area contributed by atoms with E-state index in [-0.39, 0.29) is 28.8 Å². The van der Waals surface area contributed by atoms with E-state index in [9.17, 15) is 15.2 Å². The molecule has 2 atom stereocenters. The molecule has 1 aromatic rings. The molecule has 6 nitrogen and oxygen atoms in total. The van der Waals surface area contributed by atoms with E-state index in [1.54, 1.807) is 0 Å². The standard InChI is InChI=1S/C13H15N3O3/c1-13(2)11(6-12(13)17)15-10-4-3-9(16(18)19)5-8(10)7-14/h3-5,11-12,15,17H,6H2,1-2H3/t11-,12-/m1/s1. The van der Waals surface area contributed by atoms with Gasteiger partial charge in [0.2, 0.25) is 0 Å². The van der Waals surface area contributed by atoms with Gasteiger partial charge in [-0.2, -0.15) is 5.26 Å². The van der Waals surface area contributed by atoms with Gasteiger partial charge in [-0.05, 0) is 12.5 Å². The highest BCUT2D eigenvalue weighted by atomic mass is 16.6. The first-order chi connectivity index (χ1) is 8.86. The number of nitro groups is 1. The number of anilines is 1. The number of nitriles is 1. The van der Waals surface area contributed by atoms with Crippen molar-refractivity contribution in [3.8, 4) is 6.07 Å². The Morgan fingerprint density at radius 2 is 2.26 bits per heavy atom. The lowest BCUT2D eigenvalue weighted by Crippen LogP contribution is -2.56. The molecule has 0 aliphatic heterocycles. The average Bonchev–Trinajstić information content (AvgIpc) is 2.38. The quantitative estimate of drug-likeness (QED) is 0.640. The summed E-state index contributed by atoms with van der Waals surface area (Å²) in [6.45, 7) is 3.88. The summed E-state index contributed by atoms with van der Waals surface area (Å²) in [4.78, 5) is 10.1. The molecule has 0 unspecified atom stereocenters. The number of nitrogens with one attached hydrogen (secondary N) is 1. The Kier molecular flexibility index (Phi) is 3.16. The Morgan fingerprint density at radius 3 is 2.74 bits per heavy atom. The molecule has 1 aliphatic carbocycles. The summed E-state index contributed by atoms with van der Waals surface area (Å²) in [7, 11) is 0. The summed E-state index contributed by atoms with van der Waals surface area (Å²) in [5, 5.41) is 32.6. The Morgan fingerprint density at radius 1 is 1.58 bits per heavy atom. The molecule has 0 bridgehead atoms. The summed E-state index contributed by atoms with van der Waals surface area (Å²) in [5.74, 6) is 0. The van der Waals surface area contributed by atoms with Crippen molar-refractivity contribution in [2.75, 3.05) is 5.32 Å². The zero-order chi connectivity index (χ0) is 14.2. The first-order valence-corrected chi connectivity index (χ1v) is 5.99. The number of non-ortho nitro benzene ring substituents is 1. The van der Waals surface area contributed by atoms with Crippen LogP contribution in [0, 0.1) is 26.9 Å². The van der Waals surface area contributed by atoms with E-state index in [0.29, 0.717) is 12.1 Å². The van der Waals surface area contributed by atoms with Crippen LogP contribution >= 0.6 is 0 Å². The van der Waals surface area contributed by atoms with E-state index in [1.165, 1.54) is 18.2 Å². The number of benzene rings is 1. The van der Waals surface area contributed by atoms with Crippen LogP contribution in [-0.2, 0) is 0 Å². The molecular formula is C13H15N3O3. The van der Waals surface area contributed by atoms with Gasteiger partial charge in [-0.15, -0.1) is 0 Å². The molecule has 0 saturated heterocycles. The largest absolute Gasteiger partial charge is 0.392 e. The molecule has 1 fully saturated rings. The predicted octanol–water partition coefficient (Wildman–Crippen LogP) is 2.04. The molecule has 100 valence electrons. The van der Waals surface area contributed by atoms with Crippen LogP contribution in [0.2, 0.25) is 0 Å². The molecule has 1 saturated carbocycles. The monoisotopic (exact) mass is 261 g/mol. The van der Waals surface area contributed by atoms with Gasteiger partial charge in [-0.3, -0.25) is 10.1 Å². The molecule has 1 aromatic carbocycles. The van der Waals surface area contributed by atoms with Crippen LogP contribution in [0.4, 0.5) is 11.4 Å². The highest BCUT2D eigenvalue weighted by molar-refractivity contribution is 5.62. The SMILES string of the molecule is CC1(C)[C@H](O)C[C@H]1Nc1ccc([N+](=O)[O-])cc1C#N. The Hall–Kier alpha value is -2.13. The van der Waals surface area contributed by atoms with E-state index >= 15 is 0 Å². The molecule has 0 aromatic heterocycles. The fourth-order valence-corrected chi connectivity index (χ4v) is 2.20. The van der Waals surface area contributed by atoms with Crippen LogP contribution in [0.3, 0.4) is 0 Å². The van der Waals surface area contributed by atoms with Crippen LogP contribution in [0.5, 0.6) is 0 Å². The number of nitro benzene ring substituents is 1. The Balaban J connectivity index is 2.23. The molecule has 1 aliphatic rings. The lowest BCUT2D eigenvalue weighted by atomic mass is 9.64. The van der Waals surface area contributed by atoms with Crippen molar-refractivity contribution < 1.29 is 10.0 Å². The number of rotatable bonds is 3. The van der Waals surface area contributed by atoms with Crippen LogP contribution in [0.15, 0.2) is 18.2 Å². The van der Waals surface area contributed by atoms with E-state index in [0.717, 1.165) is 0 Å². The van der Waals surface area contributed by atoms with Gasteiger partial charge in [0.15, 0.2) is 0 Å². The summed E-state index contributed by atoms with van der Waals surface area (Å²) in [6, 6.07) is 6.17. The summed E-state index contributed by atoms with van der Waals surface area (Å²) < 4.78 is 0. The summed E-state index contributed by atoms with van der Waals surface area (Å²) >= 11 is 0. The van der Waals surface area contributed by atoms with Crippen molar-refractivity contribution in [3.63, 3.8) is 0 Å². The minimum absolute atomic E-state index is 0.0519. The third-order valence-corrected chi connectivity index (χ3v) is 3.88. The fourth-order valence-electron chi connectivity index (χ4n) is 2.20. The van der Waals surface area contributed by atoms with Gasteiger partial charge >= 0.3 is 0 Å². The van der Waals surface area contributed by atoms with Gasteiger partial charge in [0.25, 0.3) is 5.69 Å². The van der Waals surface area contributed by atoms with Gasteiger partial charge < -0.3 is 10.4 Å². The highest BCUT2D eigenvalue weighted by Crippen LogP contribution is 2.42. The Labute approximate surface area is 110 Å². The second kappa shape index (κ2) is 4.52. The van der Waals surface area contributed by atoms with Crippen molar-refractivity contribution in [2.24, 2.45) is 5.41 Å². The van der Waals surface area contributed by atoms with Crippen LogP contribution < -0.4 is 5.32 Å². The van der Waals surface area contributed by atoms with Crippen LogP contribution in [0.1, 0.15) is 25.8 Å². The van der Waals surface area contributed by atoms with E-state index in [2.05, 4.69) is 5.32 Å². The van der Waals surface area contributed by atoms with E-state index in [4.69, 9.17) is 5.26 Å². The third-order valence-electron chi connectivity index (χ3n) is 3.88. The topological polar surface area (TPSA) is 99.2 Å². The fraction of sp³-hybridized carbons (Fsp3) is 0.462. The third kappa shape index (κ3) is 2.25. The molecule has 0 radical (unpaired) electrons. The van der Waals surface area contributed by atoms with Gasteiger partial charge in [-0.1, -0.05) is 13.8 Å². The molecular weight excluding hydrogens is 246 g/mol. The minimum Gasteiger partial charge on any atom is -0.392 e.